The first-order valence-electron chi connectivity index (χ1n) is 9.96. The molecule has 3 heterocycles. The molecule has 1 atom stereocenters. The molecule has 0 aliphatic carbocycles. The quantitative estimate of drug-likeness (QED) is 0.414. The van der Waals surface area contributed by atoms with Crippen molar-refractivity contribution < 1.29 is 23.6 Å². The molecule has 0 spiro atoms. The SMILES string of the molecule is COc1ccc(-n2c(CC3CC(=O)NC(=O)N3)nnc2SCC(=O)Nc2cc(C)on2)cc1. The Hall–Kier alpha value is -3.87. The third kappa shape index (κ3) is 5.49. The number of imide groups is 1. The van der Waals surface area contributed by atoms with Gasteiger partial charge in [0.05, 0.1) is 12.9 Å². The molecular formula is C20H21N7O5S. The molecule has 1 unspecified atom stereocenters. The van der Waals surface area contributed by atoms with Crippen LogP contribution < -0.4 is 20.7 Å². The minimum Gasteiger partial charge on any atom is -0.497 e. The number of benzene rings is 1. The Balaban J connectivity index is 1.54. The van der Waals surface area contributed by atoms with E-state index in [1.807, 2.05) is 12.1 Å². The Morgan fingerprint density at radius 1 is 1.30 bits per heavy atom. The molecule has 2 aromatic heterocycles. The highest BCUT2D eigenvalue weighted by atomic mass is 32.2. The average Bonchev–Trinajstić information content (AvgIpc) is 3.37. The predicted molar refractivity (Wildman–Crippen MR) is 117 cm³/mol. The number of ether oxygens (including phenoxy) is 1. The number of aryl methyl sites for hydroxylation is 1. The number of carbonyl (C=O) groups excluding carboxylic acids is 3. The highest BCUT2D eigenvalue weighted by Gasteiger charge is 2.27. The maximum absolute atomic E-state index is 12.3. The number of urea groups is 1. The normalized spacial score (nSPS) is 15.6. The summed E-state index contributed by atoms with van der Waals surface area (Å²) in [4.78, 5) is 35.8. The van der Waals surface area contributed by atoms with Crippen LogP contribution in [-0.2, 0) is 16.0 Å². The Morgan fingerprint density at radius 3 is 2.76 bits per heavy atom. The number of nitrogens with zero attached hydrogens (tertiary/aromatic N) is 4. The van der Waals surface area contributed by atoms with Crippen LogP contribution in [0.25, 0.3) is 5.69 Å². The van der Waals surface area contributed by atoms with Crippen molar-refractivity contribution in [3.8, 4) is 11.4 Å². The molecule has 1 aromatic carbocycles. The van der Waals surface area contributed by atoms with Crippen molar-refractivity contribution in [1.29, 1.82) is 0 Å². The van der Waals surface area contributed by atoms with Gasteiger partial charge in [0.1, 0.15) is 17.3 Å². The van der Waals surface area contributed by atoms with Gasteiger partial charge in [0, 0.05) is 30.6 Å². The second-order valence-corrected chi connectivity index (χ2v) is 8.16. The Kier molecular flexibility index (Phi) is 6.58. The Morgan fingerprint density at radius 2 is 2.09 bits per heavy atom. The molecule has 3 aromatic rings. The topological polar surface area (TPSA) is 153 Å². The highest BCUT2D eigenvalue weighted by Crippen LogP contribution is 2.25. The highest BCUT2D eigenvalue weighted by molar-refractivity contribution is 7.99. The summed E-state index contributed by atoms with van der Waals surface area (Å²) in [5.74, 6) is 1.57. The van der Waals surface area contributed by atoms with Gasteiger partial charge in [-0.15, -0.1) is 10.2 Å². The molecule has 0 saturated carbocycles. The Bertz CT molecular complexity index is 1160. The second-order valence-electron chi connectivity index (χ2n) is 7.22. The van der Waals surface area contributed by atoms with Crippen LogP contribution in [0.1, 0.15) is 18.0 Å². The smallest absolute Gasteiger partial charge is 0.321 e. The molecular weight excluding hydrogens is 450 g/mol. The van der Waals surface area contributed by atoms with E-state index in [2.05, 4.69) is 31.3 Å². The van der Waals surface area contributed by atoms with Crippen molar-refractivity contribution in [3.63, 3.8) is 0 Å². The van der Waals surface area contributed by atoms with Crippen LogP contribution in [0.4, 0.5) is 10.6 Å². The van der Waals surface area contributed by atoms with Gasteiger partial charge in [-0.25, -0.2) is 4.79 Å². The van der Waals surface area contributed by atoms with Crippen molar-refractivity contribution in [1.82, 2.24) is 30.6 Å². The lowest BCUT2D eigenvalue weighted by molar-refractivity contribution is -0.121. The van der Waals surface area contributed by atoms with Gasteiger partial charge in [-0.1, -0.05) is 16.9 Å². The fourth-order valence-corrected chi connectivity index (χ4v) is 4.04. The second kappa shape index (κ2) is 9.73. The molecule has 1 aliphatic rings. The van der Waals surface area contributed by atoms with Crippen LogP contribution in [0.5, 0.6) is 5.75 Å². The van der Waals surface area contributed by atoms with Gasteiger partial charge in [-0.3, -0.25) is 19.5 Å². The summed E-state index contributed by atoms with van der Waals surface area (Å²) in [5, 5.41) is 20.3. The molecule has 0 bridgehead atoms. The first-order valence-corrected chi connectivity index (χ1v) is 10.9. The summed E-state index contributed by atoms with van der Waals surface area (Å²) < 4.78 is 12.0. The number of thioether (sulfide) groups is 1. The number of amides is 4. The minimum absolute atomic E-state index is 0.0583. The molecule has 1 aliphatic heterocycles. The zero-order chi connectivity index (χ0) is 23.4. The van der Waals surface area contributed by atoms with Crippen LogP contribution in [0.2, 0.25) is 0 Å². The van der Waals surface area contributed by atoms with Crippen molar-refractivity contribution in [3.05, 3.63) is 41.9 Å². The van der Waals surface area contributed by atoms with Crippen molar-refractivity contribution in [2.45, 2.75) is 31.0 Å². The number of rotatable bonds is 8. The summed E-state index contributed by atoms with van der Waals surface area (Å²) in [6.07, 6.45) is 0.409. The van der Waals surface area contributed by atoms with E-state index in [1.54, 1.807) is 36.8 Å². The van der Waals surface area contributed by atoms with Crippen molar-refractivity contribution in [2.75, 3.05) is 18.2 Å². The number of nitrogens with one attached hydrogen (secondary N) is 3. The minimum atomic E-state index is -0.541. The molecule has 0 radical (unpaired) electrons. The van der Waals surface area contributed by atoms with Crippen LogP contribution >= 0.6 is 11.8 Å². The van der Waals surface area contributed by atoms with Crippen molar-refractivity contribution >= 4 is 35.4 Å². The summed E-state index contributed by atoms with van der Waals surface area (Å²) in [5.41, 5.74) is 0.748. The van der Waals surface area contributed by atoms with E-state index in [0.717, 1.165) is 5.69 Å². The van der Waals surface area contributed by atoms with Gasteiger partial charge >= 0.3 is 6.03 Å². The van der Waals surface area contributed by atoms with Crippen LogP contribution in [0, 0.1) is 6.92 Å². The first kappa shape index (κ1) is 22.3. The van der Waals surface area contributed by atoms with E-state index in [9.17, 15) is 14.4 Å². The van der Waals surface area contributed by atoms with Crippen LogP contribution in [-0.4, -0.2) is 56.7 Å². The molecule has 1 fully saturated rings. The lowest BCUT2D eigenvalue weighted by atomic mass is 10.1. The summed E-state index contributed by atoms with van der Waals surface area (Å²) in [6, 6.07) is 7.91. The number of hydrogen-bond acceptors (Lipinski definition) is 9. The molecule has 4 amide bonds. The third-order valence-corrected chi connectivity index (χ3v) is 5.64. The fraction of sp³-hybridized carbons (Fsp3) is 0.300. The fourth-order valence-electron chi connectivity index (χ4n) is 3.27. The van der Waals surface area contributed by atoms with E-state index in [1.165, 1.54) is 11.8 Å². The molecule has 12 nitrogen and oxygen atoms in total. The number of aromatic nitrogens is 4. The van der Waals surface area contributed by atoms with E-state index in [0.29, 0.717) is 28.3 Å². The number of anilines is 1. The van der Waals surface area contributed by atoms with E-state index in [-0.39, 0.29) is 30.4 Å². The number of carbonyl (C=O) groups is 3. The molecule has 1 saturated heterocycles. The number of methoxy groups -OCH3 is 1. The lowest BCUT2D eigenvalue weighted by Crippen LogP contribution is -2.53. The zero-order valence-electron chi connectivity index (χ0n) is 17.8. The summed E-state index contributed by atoms with van der Waals surface area (Å²) in [6.45, 7) is 1.73. The largest absolute Gasteiger partial charge is 0.497 e. The molecule has 3 N–H and O–H groups in total. The van der Waals surface area contributed by atoms with E-state index < -0.39 is 12.1 Å². The average molecular weight is 471 g/mol. The summed E-state index contributed by atoms with van der Waals surface area (Å²) >= 11 is 1.19. The van der Waals surface area contributed by atoms with Crippen LogP contribution in [0.3, 0.4) is 0 Å². The number of hydrogen-bond donors (Lipinski definition) is 3. The van der Waals surface area contributed by atoms with E-state index >= 15 is 0 Å². The van der Waals surface area contributed by atoms with Gasteiger partial charge in [-0.2, -0.15) is 0 Å². The van der Waals surface area contributed by atoms with Crippen LogP contribution in [0.15, 0.2) is 40.0 Å². The maximum Gasteiger partial charge on any atom is 0.321 e. The zero-order valence-corrected chi connectivity index (χ0v) is 18.6. The maximum atomic E-state index is 12.3. The third-order valence-electron chi connectivity index (χ3n) is 4.71. The van der Waals surface area contributed by atoms with Gasteiger partial charge in [-0.05, 0) is 31.2 Å². The predicted octanol–water partition coefficient (Wildman–Crippen LogP) is 1.44. The summed E-state index contributed by atoms with van der Waals surface area (Å²) in [7, 11) is 1.58. The molecule has 13 heteroatoms. The monoisotopic (exact) mass is 471 g/mol. The molecule has 33 heavy (non-hydrogen) atoms. The van der Waals surface area contributed by atoms with Gasteiger partial charge < -0.3 is 19.9 Å². The molecule has 4 rings (SSSR count). The standard InChI is InChI=1S/C20H21N7O5S/c1-11-7-15(26-32-11)22-18(29)10-33-20-25-24-16(8-12-9-17(28)23-19(30)21-12)27(20)13-3-5-14(31-2)6-4-13/h3-7,12H,8-10H2,1-2H3,(H,22,26,29)(H2,21,23,28,30). The van der Waals surface area contributed by atoms with Crippen molar-refractivity contribution in [2.24, 2.45) is 0 Å². The van der Waals surface area contributed by atoms with E-state index in [4.69, 9.17) is 9.26 Å². The first-order chi connectivity index (χ1) is 15.9. The van der Waals surface area contributed by atoms with Gasteiger partial charge in [0.2, 0.25) is 11.8 Å². The molecule has 172 valence electrons. The Labute approximate surface area is 192 Å². The lowest BCUT2D eigenvalue weighted by Gasteiger charge is -2.23. The van der Waals surface area contributed by atoms with Gasteiger partial charge in [0.15, 0.2) is 11.0 Å². The van der Waals surface area contributed by atoms with Gasteiger partial charge in [0.25, 0.3) is 0 Å².